The standard InChI is InChI=1S/C13H9BrCl2O2/c1-2-9(17)11-6-5-10(18-11)7-3-4-8(14)13(16)12(7)15/h3-6H,2H2,1H3. The van der Waals surface area contributed by atoms with Crippen molar-refractivity contribution in [1.29, 1.82) is 0 Å². The third-order valence-electron chi connectivity index (χ3n) is 2.50. The molecular formula is C13H9BrCl2O2. The maximum absolute atomic E-state index is 11.5. The van der Waals surface area contributed by atoms with Crippen LogP contribution in [0.1, 0.15) is 23.9 Å². The van der Waals surface area contributed by atoms with E-state index in [2.05, 4.69) is 15.9 Å². The van der Waals surface area contributed by atoms with E-state index in [0.29, 0.717) is 38.0 Å². The predicted octanol–water partition coefficient (Wildman–Crippen LogP) is 5.61. The van der Waals surface area contributed by atoms with Crippen molar-refractivity contribution in [3.63, 3.8) is 0 Å². The molecule has 0 N–H and O–H groups in total. The van der Waals surface area contributed by atoms with E-state index in [0.717, 1.165) is 0 Å². The van der Waals surface area contributed by atoms with Crippen molar-refractivity contribution in [1.82, 2.24) is 0 Å². The summed E-state index contributed by atoms with van der Waals surface area (Å²) in [5, 5.41) is 0.824. The van der Waals surface area contributed by atoms with Crippen LogP contribution in [0, 0.1) is 0 Å². The van der Waals surface area contributed by atoms with E-state index >= 15 is 0 Å². The van der Waals surface area contributed by atoms with E-state index in [1.54, 1.807) is 31.2 Å². The van der Waals surface area contributed by atoms with Gasteiger partial charge in [0, 0.05) is 16.5 Å². The van der Waals surface area contributed by atoms with Crippen molar-refractivity contribution in [3.05, 3.63) is 44.5 Å². The summed E-state index contributed by atoms with van der Waals surface area (Å²) in [6, 6.07) is 6.94. The van der Waals surface area contributed by atoms with Gasteiger partial charge in [-0.2, -0.15) is 0 Å². The Hall–Kier alpha value is -0.770. The number of Topliss-reactive ketones (excluding diaryl/α,β-unsaturated/α-hetero) is 1. The number of furan rings is 1. The minimum atomic E-state index is -0.0411. The average Bonchev–Trinajstić information content (AvgIpc) is 2.84. The molecule has 1 aromatic heterocycles. The highest BCUT2D eigenvalue weighted by atomic mass is 79.9. The van der Waals surface area contributed by atoms with E-state index in [1.165, 1.54) is 0 Å². The largest absolute Gasteiger partial charge is 0.453 e. The number of hydrogen-bond donors (Lipinski definition) is 0. The summed E-state index contributed by atoms with van der Waals surface area (Å²) in [5.41, 5.74) is 0.667. The molecule has 0 aliphatic heterocycles. The van der Waals surface area contributed by atoms with Crippen LogP contribution in [-0.2, 0) is 0 Å². The highest BCUT2D eigenvalue weighted by Gasteiger charge is 2.15. The lowest BCUT2D eigenvalue weighted by Gasteiger charge is -2.04. The number of carbonyl (C=O) groups excluding carboxylic acids is 1. The number of benzene rings is 1. The summed E-state index contributed by atoms with van der Waals surface area (Å²) in [6.07, 6.45) is 0.405. The van der Waals surface area contributed by atoms with E-state index in [-0.39, 0.29) is 5.78 Å². The van der Waals surface area contributed by atoms with E-state index in [1.807, 2.05) is 0 Å². The van der Waals surface area contributed by atoms with Crippen LogP contribution in [0.3, 0.4) is 0 Å². The fraction of sp³-hybridized carbons (Fsp3) is 0.154. The van der Waals surface area contributed by atoms with Gasteiger partial charge in [0.15, 0.2) is 11.5 Å². The van der Waals surface area contributed by atoms with Crippen molar-refractivity contribution in [3.8, 4) is 11.3 Å². The van der Waals surface area contributed by atoms with Gasteiger partial charge in [-0.25, -0.2) is 0 Å². The number of rotatable bonds is 3. The SMILES string of the molecule is CCC(=O)c1ccc(-c2ccc(Br)c(Cl)c2Cl)o1. The molecule has 18 heavy (non-hydrogen) atoms. The van der Waals surface area contributed by atoms with E-state index < -0.39 is 0 Å². The number of carbonyl (C=O) groups is 1. The highest BCUT2D eigenvalue weighted by molar-refractivity contribution is 9.10. The molecule has 5 heteroatoms. The summed E-state index contributed by atoms with van der Waals surface area (Å²) < 4.78 is 6.21. The first-order valence-electron chi connectivity index (χ1n) is 5.31. The van der Waals surface area contributed by atoms with E-state index in [9.17, 15) is 4.79 Å². The molecule has 1 heterocycles. The first kappa shape index (κ1) is 13.7. The predicted molar refractivity (Wildman–Crippen MR) is 76.5 cm³/mol. The topological polar surface area (TPSA) is 30.2 Å². The Labute approximate surface area is 123 Å². The normalized spacial score (nSPS) is 10.7. The molecule has 0 saturated heterocycles. The maximum Gasteiger partial charge on any atom is 0.197 e. The highest BCUT2D eigenvalue weighted by Crippen LogP contribution is 2.38. The number of halogens is 3. The van der Waals surface area contributed by atoms with Crippen LogP contribution in [0.2, 0.25) is 10.0 Å². The molecule has 2 rings (SSSR count). The monoisotopic (exact) mass is 346 g/mol. The summed E-state index contributed by atoms with van der Waals surface area (Å²) in [4.78, 5) is 11.5. The Morgan fingerprint density at radius 2 is 1.94 bits per heavy atom. The summed E-state index contributed by atoms with van der Waals surface area (Å²) in [6.45, 7) is 1.79. The fourth-order valence-electron chi connectivity index (χ4n) is 1.52. The Kier molecular flexibility index (Phi) is 4.15. The minimum Gasteiger partial charge on any atom is -0.453 e. The molecule has 0 fully saturated rings. The molecule has 0 spiro atoms. The van der Waals surface area contributed by atoms with Gasteiger partial charge in [0.25, 0.3) is 0 Å². The molecule has 1 aromatic carbocycles. The third kappa shape index (κ3) is 2.48. The molecule has 0 aliphatic rings. The summed E-state index contributed by atoms with van der Waals surface area (Å²) >= 11 is 15.5. The lowest BCUT2D eigenvalue weighted by molar-refractivity contribution is 0.0962. The van der Waals surface area contributed by atoms with Crippen LogP contribution >= 0.6 is 39.1 Å². The molecule has 0 amide bonds. The van der Waals surface area contributed by atoms with Gasteiger partial charge in [-0.1, -0.05) is 30.1 Å². The lowest BCUT2D eigenvalue weighted by atomic mass is 10.2. The second-order valence-corrected chi connectivity index (χ2v) is 5.27. The van der Waals surface area contributed by atoms with Gasteiger partial charge in [0.1, 0.15) is 5.76 Å². The van der Waals surface area contributed by atoms with Gasteiger partial charge in [-0.3, -0.25) is 4.79 Å². The van der Waals surface area contributed by atoms with Crippen LogP contribution < -0.4 is 0 Å². The van der Waals surface area contributed by atoms with Gasteiger partial charge in [-0.15, -0.1) is 0 Å². The zero-order valence-corrected chi connectivity index (χ0v) is 12.6. The first-order valence-corrected chi connectivity index (χ1v) is 6.86. The molecular weight excluding hydrogens is 339 g/mol. The average molecular weight is 348 g/mol. The van der Waals surface area contributed by atoms with Gasteiger partial charge >= 0.3 is 0 Å². The zero-order chi connectivity index (χ0) is 13.3. The fourth-order valence-corrected chi connectivity index (χ4v) is 2.39. The second-order valence-electron chi connectivity index (χ2n) is 3.66. The minimum absolute atomic E-state index is 0.0411. The van der Waals surface area contributed by atoms with Crippen molar-refractivity contribution < 1.29 is 9.21 Å². The molecule has 94 valence electrons. The van der Waals surface area contributed by atoms with Crippen LogP contribution in [0.15, 0.2) is 33.2 Å². The number of ketones is 1. The lowest BCUT2D eigenvalue weighted by Crippen LogP contribution is -1.92. The number of hydrogen-bond acceptors (Lipinski definition) is 2. The van der Waals surface area contributed by atoms with Crippen LogP contribution in [0.25, 0.3) is 11.3 Å². The van der Waals surface area contributed by atoms with Gasteiger partial charge in [0.05, 0.1) is 10.0 Å². The molecule has 0 saturated carbocycles. The van der Waals surface area contributed by atoms with Gasteiger partial charge in [0.2, 0.25) is 0 Å². The molecule has 0 bridgehead atoms. The summed E-state index contributed by atoms with van der Waals surface area (Å²) in [7, 11) is 0. The Morgan fingerprint density at radius 1 is 1.22 bits per heavy atom. The smallest absolute Gasteiger partial charge is 0.197 e. The van der Waals surface area contributed by atoms with Crippen molar-refractivity contribution in [2.75, 3.05) is 0 Å². The van der Waals surface area contributed by atoms with Crippen LogP contribution in [0.5, 0.6) is 0 Å². The Balaban J connectivity index is 2.47. The van der Waals surface area contributed by atoms with Gasteiger partial charge in [-0.05, 0) is 40.2 Å². The first-order chi connectivity index (χ1) is 8.54. The Bertz CT molecular complexity index is 605. The van der Waals surface area contributed by atoms with Gasteiger partial charge < -0.3 is 4.42 Å². The molecule has 2 nitrogen and oxygen atoms in total. The quantitative estimate of drug-likeness (QED) is 0.533. The maximum atomic E-state index is 11.5. The zero-order valence-electron chi connectivity index (χ0n) is 9.47. The second kappa shape index (κ2) is 5.47. The van der Waals surface area contributed by atoms with E-state index in [4.69, 9.17) is 27.6 Å². The molecule has 0 atom stereocenters. The summed E-state index contributed by atoms with van der Waals surface area (Å²) in [5.74, 6) is 0.828. The van der Waals surface area contributed by atoms with Crippen LogP contribution in [0.4, 0.5) is 0 Å². The molecule has 0 radical (unpaired) electrons. The van der Waals surface area contributed by atoms with Crippen molar-refractivity contribution in [2.45, 2.75) is 13.3 Å². The Morgan fingerprint density at radius 3 is 2.61 bits per heavy atom. The molecule has 0 unspecified atom stereocenters. The third-order valence-corrected chi connectivity index (χ3v) is 4.27. The molecule has 0 aliphatic carbocycles. The molecule has 2 aromatic rings. The van der Waals surface area contributed by atoms with Crippen LogP contribution in [-0.4, -0.2) is 5.78 Å². The van der Waals surface area contributed by atoms with Crippen molar-refractivity contribution in [2.24, 2.45) is 0 Å². The van der Waals surface area contributed by atoms with Crippen molar-refractivity contribution >= 4 is 44.9 Å².